The maximum absolute atomic E-state index is 12.4. The van der Waals surface area contributed by atoms with Crippen LogP contribution in [0.15, 0.2) is 66.9 Å². The van der Waals surface area contributed by atoms with Crippen LogP contribution in [0.5, 0.6) is 11.6 Å². The fourth-order valence-corrected chi connectivity index (χ4v) is 2.47. The van der Waals surface area contributed by atoms with Gasteiger partial charge in [-0.15, -0.1) is 6.42 Å². The number of benzene rings is 2. The van der Waals surface area contributed by atoms with Gasteiger partial charge in [0.25, 0.3) is 0 Å². The molecule has 0 bridgehead atoms. The van der Waals surface area contributed by atoms with E-state index < -0.39 is 12.8 Å². The SMILES string of the molecule is C#Cc1cc(OCC(F)(F)F)cc(-c2ccc(OCc3ccccc3)nc2)c1. The van der Waals surface area contributed by atoms with E-state index in [1.807, 2.05) is 30.3 Å². The lowest BCUT2D eigenvalue weighted by Gasteiger charge is -2.12. The molecule has 142 valence electrons. The van der Waals surface area contributed by atoms with E-state index in [0.29, 0.717) is 29.2 Å². The lowest BCUT2D eigenvalue weighted by molar-refractivity contribution is -0.153. The van der Waals surface area contributed by atoms with E-state index in [9.17, 15) is 13.2 Å². The Bertz CT molecular complexity index is 962. The van der Waals surface area contributed by atoms with Crippen molar-refractivity contribution in [3.05, 3.63) is 78.0 Å². The van der Waals surface area contributed by atoms with Crippen molar-refractivity contribution in [1.82, 2.24) is 4.98 Å². The lowest BCUT2D eigenvalue weighted by atomic mass is 10.0. The van der Waals surface area contributed by atoms with Crippen LogP contribution >= 0.6 is 0 Å². The first kappa shape index (κ1) is 19.3. The predicted octanol–water partition coefficient (Wildman–Crippen LogP) is 5.25. The Kier molecular flexibility index (Phi) is 5.85. The smallest absolute Gasteiger partial charge is 0.422 e. The van der Waals surface area contributed by atoms with Crippen LogP contribution in [0.25, 0.3) is 11.1 Å². The second kappa shape index (κ2) is 8.49. The standard InChI is InChI=1S/C22H16F3NO2/c1-2-16-10-19(12-20(11-16)28-15-22(23,24)25)18-8-9-21(26-13-18)27-14-17-6-4-3-5-7-17/h1,3-13H,14-15H2. The summed E-state index contributed by atoms with van der Waals surface area (Å²) >= 11 is 0. The Labute approximate surface area is 160 Å². The number of halogens is 3. The van der Waals surface area contributed by atoms with Crippen molar-refractivity contribution in [3.8, 4) is 35.1 Å². The predicted molar refractivity (Wildman–Crippen MR) is 99.9 cm³/mol. The number of hydrogen-bond acceptors (Lipinski definition) is 3. The van der Waals surface area contributed by atoms with Gasteiger partial charge < -0.3 is 9.47 Å². The van der Waals surface area contributed by atoms with E-state index >= 15 is 0 Å². The van der Waals surface area contributed by atoms with Crippen molar-refractivity contribution in [2.45, 2.75) is 12.8 Å². The topological polar surface area (TPSA) is 31.4 Å². The first-order valence-electron chi connectivity index (χ1n) is 8.37. The van der Waals surface area contributed by atoms with E-state index in [4.69, 9.17) is 15.9 Å². The fourth-order valence-electron chi connectivity index (χ4n) is 2.47. The lowest BCUT2D eigenvalue weighted by Crippen LogP contribution is -2.19. The van der Waals surface area contributed by atoms with Crippen molar-refractivity contribution in [2.75, 3.05) is 6.61 Å². The van der Waals surface area contributed by atoms with E-state index in [-0.39, 0.29) is 5.75 Å². The summed E-state index contributed by atoms with van der Waals surface area (Å²) in [7, 11) is 0. The maximum Gasteiger partial charge on any atom is 0.422 e. The molecule has 3 aromatic rings. The van der Waals surface area contributed by atoms with Crippen molar-refractivity contribution in [2.24, 2.45) is 0 Å². The molecule has 0 saturated carbocycles. The minimum Gasteiger partial charge on any atom is -0.484 e. The molecule has 0 aliphatic heterocycles. The number of ether oxygens (including phenoxy) is 2. The highest BCUT2D eigenvalue weighted by Gasteiger charge is 2.28. The zero-order valence-electron chi connectivity index (χ0n) is 14.7. The monoisotopic (exact) mass is 383 g/mol. The molecule has 3 nitrogen and oxygen atoms in total. The summed E-state index contributed by atoms with van der Waals surface area (Å²) in [4.78, 5) is 4.25. The second-order valence-corrected chi connectivity index (χ2v) is 5.95. The van der Waals surface area contributed by atoms with Crippen molar-refractivity contribution < 1.29 is 22.6 Å². The number of rotatable bonds is 6. The molecule has 1 heterocycles. The Morgan fingerprint density at radius 2 is 1.71 bits per heavy atom. The Hall–Kier alpha value is -3.46. The molecule has 0 amide bonds. The van der Waals surface area contributed by atoms with Gasteiger partial charge >= 0.3 is 6.18 Å². The molecule has 1 aromatic heterocycles. The van der Waals surface area contributed by atoms with E-state index in [1.54, 1.807) is 24.4 Å². The van der Waals surface area contributed by atoms with E-state index in [2.05, 4.69) is 10.9 Å². The maximum atomic E-state index is 12.4. The summed E-state index contributed by atoms with van der Waals surface area (Å²) in [6.07, 6.45) is 2.55. The molecular weight excluding hydrogens is 367 g/mol. The summed E-state index contributed by atoms with van der Waals surface area (Å²) in [5.41, 5.74) is 2.72. The van der Waals surface area contributed by atoms with E-state index in [1.165, 1.54) is 12.1 Å². The highest BCUT2D eigenvalue weighted by Crippen LogP contribution is 2.28. The van der Waals surface area contributed by atoms with Crippen LogP contribution in [-0.2, 0) is 6.61 Å². The molecule has 0 unspecified atom stereocenters. The molecular formula is C22H16F3NO2. The normalized spacial score (nSPS) is 10.9. The molecule has 6 heteroatoms. The average Bonchev–Trinajstić information content (AvgIpc) is 2.71. The Morgan fingerprint density at radius 3 is 2.36 bits per heavy atom. The number of aromatic nitrogens is 1. The quantitative estimate of drug-likeness (QED) is 0.545. The first-order valence-corrected chi connectivity index (χ1v) is 8.37. The van der Waals surface area contributed by atoms with Crippen molar-refractivity contribution >= 4 is 0 Å². The van der Waals surface area contributed by atoms with Gasteiger partial charge in [0.1, 0.15) is 12.4 Å². The molecule has 0 radical (unpaired) electrons. The molecule has 0 atom stereocenters. The summed E-state index contributed by atoms with van der Waals surface area (Å²) in [5.74, 6) is 2.91. The molecule has 0 N–H and O–H groups in total. The van der Waals surface area contributed by atoms with Crippen LogP contribution in [-0.4, -0.2) is 17.8 Å². The third-order valence-electron chi connectivity index (χ3n) is 3.77. The summed E-state index contributed by atoms with van der Waals surface area (Å²) in [5, 5.41) is 0. The van der Waals surface area contributed by atoms with Crippen LogP contribution in [0, 0.1) is 12.3 Å². The Balaban J connectivity index is 1.74. The highest BCUT2D eigenvalue weighted by molar-refractivity contribution is 5.67. The molecule has 28 heavy (non-hydrogen) atoms. The third kappa shape index (κ3) is 5.52. The minimum absolute atomic E-state index is 0.0483. The largest absolute Gasteiger partial charge is 0.484 e. The van der Waals surface area contributed by atoms with Gasteiger partial charge in [0, 0.05) is 23.4 Å². The summed E-state index contributed by atoms with van der Waals surface area (Å²) < 4.78 is 47.6. The molecule has 2 aromatic carbocycles. The highest BCUT2D eigenvalue weighted by atomic mass is 19.4. The van der Waals surface area contributed by atoms with Crippen molar-refractivity contribution in [3.63, 3.8) is 0 Å². The zero-order valence-corrected chi connectivity index (χ0v) is 14.7. The summed E-state index contributed by atoms with van der Waals surface area (Å²) in [6.45, 7) is -1.000. The minimum atomic E-state index is -4.42. The van der Waals surface area contributed by atoms with Gasteiger partial charge in [0.15, 0.2) is 6.61 Å². The number of pyridine rings is 1. The second-order valence-electron chi connectivity index (χ2n) is 5.95. The number of terminal acetylenes is 1. The zero-order chi connectivity index (χ0) is 20.0. The van der Waals surface area contributed by atoms with Crippen LogP contribution in [0.4, 0.5) is 13.2 Å². The van der Waals surface area contributed by atoms with Gasteiger partial charge in [-0.2, -0.15) is 13.2 Å². The van der Waals surface area contributed by atoms with Crippen LogP contribution in [0.3, 0.4) is 0 Å². The molecule has 0 spiro atoms. The van der Waals surface area contributed by atoms with Gasteiger partial charge in [0.05, 0.1) is 0 Å². The van der Waals surface area contributed by atoms with Crippen molar-refractivity contribution in [1.29, 1.82) is 0 Å². The molecule has 0 fully saturated rings. The molecule has 3 rings (SSSR count). The molecule has 0 saturated heterocycles. The summed E-state index contributed by atoms with van der Waals surface area (Å²) in [6, 6.07) is 17.7. The third-order valence-corrected chi connectivity index (χ3v) is 3.77. The Morgan fingerprint density at radius 1 is 0.929 bits per heavy atom. The number of nitrogens with zero attached hydrogens (tertiary/aromatic N) is 1. The van der Waals surface area contributed by atoms with Gasteiger partial charge in [-0.05, 0) is 35.4 Å². The molecule has 0 aliphatic carbocycles. The van der Waals surface area contributed by atoms with Gasteiger partial charge in [-0.1, -0.05) is 36.3 Å². The molecule has 0 aliphatic rings. The van der Waals surface area contributed by atoms with E-state index in [0.717, 1.165) is 5.56 Å². The van der Waals surface area contributed by atoms with Crippen LogP contribution in [0.2, 0.25) is 0 Å². The average molecular weight is 383 g/mol. The van der Waals surface area contributed by atoms with Crippen LogP contribution < -0.4 is 9.47 Å². The number of alkyl halides is 3. The van der Waals surface area contributed by atoms with Crippen LogP contribution in [0.1, 0.15) is 11.1 Å². The first-order chi connectivity index (χ1) is 13.4. The van der Waals surface area contributed by atoms with Gasteiger partial charge in [-0.25, -0.2) is 4.98 Å². The number of hydrogen-bond donors (Lipinski definition) is 0. The fraction of sp³-hybridized carbons (Fsp3) is 0.136. The van der Waals surface area contributed by atoms with Gasteiger partial charge in [-0.3, -0.25) is 0 Å². The van der Waals surface area contributed by atoms with Gasteiger partial charge in [0.2, 0.25) is 5.88 Å².